The lowest BCUT2D eigenvalue weighted by atomic mass is 9.83. The van der Waals surface area contributed by atoms with Crippen molar-refractivity contribution in [2.75, 3.05) is 39.9 Å². The number of carbonyl (C=O) groups is 1. The Bertz CT molecular complexity index is 612. The highest BCUT2D eigenvalue weighted by Crippen LogP contribution is 2.36. The van der Waals surface area contributed by atoms with Crippen molar-refractivity contribution in [2.45, 2.75) is 38.3 Å². The van der Waals surface area contributed by atoms with Crippen molar-refractivity contribution < 1.29 is 14.3 Å². The standard InChI is InChI=1S/C21H30N2O3/c1-25-18-6-4-16(5-7-18)13-22-11-8-19-17(14-22)15-26-20(19)12-21(24)23-9-2-3-10-23/h4-7,17,19-20H,2-3,8-15H2,1H3/t17-,19-,20-/m1/s1. The van der Waals surface area contributed by atoms with Crippen LogP contribution in [0.15, 0.2) is 24.3 Å². The second kappa shape index (κ2) is 7.97. The highest BCUT2D eigenvalue weighted by Gasteiger charge is 2.42. The van der Waals surface area contributed by atoms with Crippen molar-refractivity contribution >= 4 is 5.91 Å². The molecule has 5 heteroatoms. The zero-order chi connectivity index (χ0) is 17.9. The predicted octanol–water partition coefficient (Wildman–Crippen LogP) is 2.54. The van der Waals surface area contributed by atoms with Gasteiger partial charge in [-0.2, -0.15) is 0 Å². The summed E-state index contributed by atoms with van der Waals surface area (Å²) in [5, 5.41) is 0. The molecule has 1 amide bonds. The monoisotopic (exact) mass is 358 g/mol. The second-order valence-corrected chi connectivity index (χ2v) is 7.96. The molecule has 0 spiro atoms. The number of amides is 1. The van der Waals surface area contributed by atoms with E-state index in [2.05, 4.69) is 17.0 Å². The molecule has 0 aromatic heterocycles. The van der Waals surface area contributed by atoms with E-state index in [0.29, 0.717) is 24.2 Å². The van der Waals surface area contributed by atoms with Crippen LogP contribution >= 0.6 is 0 Å². The van der Waals surface area contributed by atoms with Gasteiger partial charge in [0.25, 0.3) is 0 Å². The van der Waals surface area contributed by atoms with Crippen molar-refractivity contribution in [1.82, 2.24) is 9.80 Å². The minimum Gasteiger partial charge on any atom is -0.497 e. The van der Waals surface area contributed by atoms with E-state index in [4.69, 9.17) is 9.47 Å². The number of benzene rings is 1. The van der Waals surface area contributed by atoms with E-state index < -0.39 is 0 Å². The fourth-order valence-corrected chi connectivity index (χ4v) is 4.77. The number of hydrogen-bond acceptors (Lipinski definition) is 4. The van der Waals surface area contributed by atoms with Crippen LogP contribution in [-0.4, -0.2) is 61.7 Å². The number of likely N-dealkylation sites (tertiary alicyclic amines) is 2. The summed E-state index contributed by atoms with van der Waals surface area (Å²) in [6.45, 7) is 5.83. The number of carbonyl (C=O) groups excluding carboxylic acids is 1. The third-order valence-electron chi connectivity index (χ3n) is 6.28. The van der Waals surface area contributed by atoms with E-state index in [1.54, 1.807) is 7.11 Å². The lowest BCUT2D eigenvalue weighted by Crippen LogP contribution is -2.42. The molecule has 3 saturated heterocycles. The van der Waals surface area contributed by atoms with Gasteiger partial charge in [-0.3, -0.25) is 9.69 Å². The molecule has 0 radical (unpaired) electrons. The van der Waals surface area contributed by atoms with Gasteiger partial charge in [-0.15, -0.1) is 0 Å². The van der Waals surface area contributed by atoms with Gasteiger partial charge in [-0.1, -0.05) is 12.1 Å². The van der Waals surface area contributed by atoms with E-state index in [0.717, 1.165) is 64.3 Å². The number of ether oxygens (including phenoxy) is 2. The van der Waals surface area contributed by atoms with E-state index in [1.165, 1.54) is 5.56 Å². The molecule has 3 fully saturated rings. The molecule has 0 bridgehead atoms. The summed E-state index contributed by atoms with van der Waals surface area (Å²) in [7, 11) is 1.70. The van der Waals surface area contributed by atoms with Crippen LogP contribution in [0.2, 0.25) is 0 Å². The first-order chi connectivity index (χ1) is 12.7. The van der Waals surface area contributed by atoms with Crippen LogP contribution < -0.4 is 4.74 Å². The lowest BCUT2D eigenvalue weighted by molar-refractivity contribution is -0.133. The molecule has 1 aromatic carbocycles. The molecule has 4 rings (SSSR count). The molecule has 0 unspecified atom stereocenters. The Balaban J connectivity index is 1.29. The number of piperidine rings is 1. The summed E-state index contributed by atoms with van der Waals surface area (Å²) < 4.78 is 11.3. The summed E-state index contributed by atoms with van der Waals surface area (Å²) in [4.78, 5) is 17.0. The maximum Gasteiger partial charge on any atom is 0.225 e. The third-order valence-corrected chi connectivity index (χ3v) is 6.28. The van der Waals surface area contributed by atoms with Crippen LogP contribution in [0.4, 0.5) is 0 Å². The Kier molecular flexibility index (Phi) is 5.46. The third kappa shape index (κ3) is 3.89. The number of hydrogen-bond donors (Lipinski definition) is 0. The molecule has 3 heterocycles. The molecule has 5 nitrogen and oxygen atoms in total. The normalized spacial score (nSPS) is 29.0. The highest BCUT2D eigenvalue weighted by atomic mass is 16.5. The number of methoxy groups -OCH3 is 1. The van der Waals surface area contributed by atoms with E-state index in [1.807, 2.05) is 17.0 Å². The molecule has 0 aliphatic carbocycles. The van der Waals surface area contributed by atoms with Gasteiger partial charge in [0.15, 0.2) is 0 Å². The van der Waals surface area contributed by atoms with Crippen LogP contribution in [0.3, 0.4) is 0 Å². The van der Waals surface area contributed by atoms with E-state index >= 15 is 0 Å². The summed E-state index contributed by atoms with van der Waals surface area (Å²) in [5.74, 6) is 2.32. The first-order valence-corrected chi connectivity index (χ1v) is 9.97. The van der Waals surface area contributed by atoms with Crippen LogP contribution in [0.1, 0.15) is 31.2 Å². The fraction of sp³-hybridized carbons (Fsp3) is 0.667. The smallest absolute Gasteiger partial charge is 0.225 e. The van der Waals surface area contributed by atoms with Gasteiger partial charge in [-0.05, 0) is 49.4 Å². The largest absolute Gasteiger partial charge is 0.497 e. The van der Waals surface area contributed by atoms with E-state index in [-0.39, 0.29) is 6.10 Å². The van der Waals surface area contributed by atoms with Gasteiger partial charge < -0.3 is 14.4 Å². The Hall–Kier alpha value is -1.59. The summed E-state index contributed by atoms with van der Waals surface area (Å²) in [6, 6.07) is 8.35. The fourth-order valence-electron chi connectivity index (χ4n) is 4.77. The van der Waals surface area contributed by atoms with Crippen molar-refractivity contribution in [3.05, 3.63) is 29.8 Å². The molecule has 0 saturated carbocycles. The quantitative estimate of drug-likeness (QED) is 0.811. The van der Waals surface area contributed by atoms with Crippen LogP contribution in [0.5, 0.6) is 5.75 Å². The molecular weight excluding hydrogens is 328 g/mol. The Labute approximate surface area is 156 Å². The highest BCUT2D eigenvalue weighted by molar-refractivity contribution is 5.77. The summed E-state index contributed by atoms with van der Waals surface area (Å²) in [5.41, 5.74) is 1.32. The molecule has 3 aliphatic heterocycles. The summed E-state index contributed by atoms with van der Waals surface area (Å²) >= 11 is 0. The molecule has 0 N–H and O–H groups in total. The molecule has 26 heavy (non-hydrogen) atoms. The molecule has 1 aromatic rings. The van der Waals surface area contributed by atoms with Gasteiger partial charge in [0, 0.05) is 32.1 Å². The average Bonchev–Trinajstić information content (AvgIpc) is 3.33. The Morgan fingerprint density at radius 2 is 1.96 bits per heavy atom. The minimum atomic E-state index is 0.135. The summed E-state index contributed by atoms with van der Waals surface area (Å²) in [6.07, 6.45) is 4.17. The van der Waals surface area contributed by atoms with Gasteiger partial charge >= 0.3 is 0 Å². The Morgan fingerprint density at radius 1 is 1.19 bits per heavy atom. The number of rotatable bonds is 5. The second-order valence-electron chi connectivity index (χ2n) is 7.96. The topological polar surface area (TPSA) is 42.0 Å². The first kappa shape index (κ1) is 17.8. The Morgan fingerprint density at radius 3 is 2.69 bits per heavy atom. The zero-order valence-electron chi connectivity index (χ0n) is 15.7. The van der Waals surface area contributed by atoms with Gasteiger partial charge in [0.2, 0.25) is 5.91 Å². The van der Waals surface area contributed by atoms with Gasteiger partial charge in [0.1, 0.15) is 5.75 Å². The van der Waals surface area contributed by atoms with Gasteiger partial charge in [-0.25, -0.2) is 0 Å². The SMILES string of the molecule is COc1ccc(CN2CC[C@@H]3[C@@H](CO[C@@H]3CC(=O)N3CCCC3)C2)cc1. The van der Waals surface area contributed by atoms with Crippen molar-refractivity contribution in [3.63, 3.8) is 0 Å². The van der Waals surface area contributed by atoms with Crippen molar-refractivity contribution in [1.29, 1.82) is 0 Å². The maximum atomic E-state index is 12.5. The van der Waals surface area contributed by atoms with Gasteiger partial charge in [0.05, 0.1) is 26.2 Å². The lowest BCUT2D eigenvalue weighted by Gasteiger charge is -2.35. The van der Waals surface area contributed by atoms with Crippen LogP contribution in [0, 0.1) is 11.8 Å². The molecule has 3 aliphatic rings. The van der Waals surface area contributed by atoms with Crippen LogP contribution in [0.25, 0.3) is 0 Å². The molecule has 142 valence electrons. The predicted molar refractivity (Wildman–Crippen MR) is 100 cm³/mol. The zero-order valence-corrected chi connectivity index (χ0v) is 15.7. The minimum absolute atomic E-state index is 0.135. The average molecular weight is 358 g/mol. The van der Waals surface area contributed by atoms with Crippen molar-refractivity contribution in [3.8, 4) is 5.75 Å². The molecular formula is C21H30N2O3. The number of fused-ring (bicyclic) bond motifs is 1. The van der Waals surface area contributed by atoms with E-state index in [9.17, 15) is 4.79 Å². The van der Waals surface area contributed by atoms with Crippen molar-refractivity contribution in [2.24, 2.45) is 11.8 Å². The van der Waals surface area contributed by atoms with Crippen LogP contribution in [-0.2, 0) is 16.1 Å². The molecule has 3 atom stereocenters. The first-order valence-electron chi connectivity index (χ1n) is 9.97. The maximum absolute atomic E-state index is 12.5. The number of nitrogens with zero attached hydrogens (tertiary/aromatic N) is 2.